The summed E-state index contributed by atoms with van der Waals surface area (Å²) in [6.45, 7) is 0. The topological polar surface area (TPSA) is 46.0 Å². The van der Waals surface area contributed by atoms with Gasteiger partial charge in [0, 0.05) is 22.3 Å². The van der Waals surface area contributed by atoms with E-state index in [1.165, 1.54) is 33.4 Å². The molecule has 1 spiro atoms. The molecule has 3 aliphatic rings. The van der Waals surface area contributed by atoms with Crippen molar-refractivity contribution in [3.8, 4) is 44.9 Å². The van der Waals surface area contributed by atoms with E-state index in [1.807, 2.05) is 6.07 Å². The molecule has 0 saturated heterocycles. The lowest BCUT2D eigenvalue weighted by Crippen LogP contribution is -2.34. The minimum atomic E-state index is -0.561. The van der Waals surface area contributed by atoms with Gasteiger partial charge in [0.2, 0.25) is 0 Å². The molecule has 0 fully saturated rings. The molecule has 2 aliphatic heterocycles. The Kier molecular flexibility index (Phi) is 7.79. The zero-order valence-electron chi connectivity index (χ0n) is 32.6. The van der Waals surface area contributed by atoms with Gasteiger partial charge in [0.05, 0.1) is 5.41 Å². The molecule has 9 aromatic rings. The Labute approximate surface area is 348 Å². The molecule has 1 aliphatic carbocycles. The van der Waals surface area contributed by atoms with Crippen LogP contribution in [0.2, 0.25) is 0 Å². The Morgan fingerprint density at radius 1 is 0.400 bits per heavy atom. The number of fused-ring (bicyclic) bond motifs is 10. The van der Waals surface area contributed by atoms with Gasteiger partial charge in [-0.1, -0.05) is 188 Å². The average molecular weight is 768 g/mol. The van der Waals surface area contributed by atoms with Crippen LogP contribution < -0.4 is 10.1 Å². The number of nitrogens with zero attached hydrogens (tertiary/aromatic N) is 2. The van der Waals surface area contributed by atoms with E-state index < -0.39 is 5.41 Å². The third-order valence-electron chi connectivity index (χ3n) is 12.4. The van der Waals surface area contributed by atoms with Gasteiger partial charge in [0.15, 0.2) is 5.84 Å². The third kappa shape index (κ3) is 5.17. The minimum Gasteiger partial charge on any atom is -0.457 e. The molecule has 0 radical (unpaired) electrons. The molecule has 1 atom stereocenters. The van der Waals surface area contributed by atoms with Gasteiger partial charge in [-0.15, -0.1) is 0 Å². The summed E-state index contributed by atoms with van der Waals surface area (Å²) < 4.78 is 6.78. The van der Waals surface area contributed by atoms with Crippen molar-refractivity contribution in [1.29, 1.82) is 0 Å². The predicted octanol–water partition coefficient (Wildman–Crippen LogP) is 13.1. The maximum atomic E-state index is 6.78. The lowest BCUT2D eigenvalue weighted by atomic mass is 9.65. The van der Waals surface area contributed by atoms with Crippen LogP contribution in [0.3, 0.4) is 0 Å². The fourth-order valence-electron chi connectivity index (χ4n) is 9.84. The first kappa shape index (κ1) is 34.2. The number of benzene rings is 9. The molecule has 0 saturated carbocycles. The highest BCUT2D eigenvalue weighted by Crippen LogP contribution is 2.62. The monoisotopic (exact) mass is 767 g/mol. The number of nitrogens with one attached hydrogen (secondary N) is 1. The normalized spacial score (nSPS) is 15.4. The van der Waals surface area contributed by atoms with E-state index in [0.29, 0.717) is 5.84 Å². The zero-order chi connectivity index (χ0) is 39.6. The summed E-state index contributed by atoms with van der Waals surface area (Å²) in [6, 6.07) is 75.5. The van der Waals surface area contributed by atoms with Crippen molar-refractivity contribution in [2.24, 2.45) is 9.98 Å². The second kappa shape index (κ2) is 13.6. The molecule has 282 valence electrons. The number of rotatable bonds is 5. The number of hydrogen-bond donors (Lipinski definition) is 1. The van der Waals surface area contributed by atoms with Gasteiger partial charge in [0.1, 0.15) is 23.5 Å². The molecule has 4 heteroatoms. The van der Waals surface area contributed by atoms with Gasteiger partial charge >= 0.3 is 0 Å². The van der Waals surface area contributed by atoms with E-state index in [-0.39, 0.29) is 6.17 Å². The SMILES string of the molecule is c1ccc(-c2ccc(C3=NC(c4ccccc4)NC(c4ccccc4-c4ccc5c(c4)C4(c6ccccc6O5)c5ccccc5-c5ccccc54)=N3)c3ccccc23)cc1. The van der Waals surface area contributed by atoms with Crippen LogP contribution in [0.1, 0.15) is 45.1 Å². The maximum absolute atomic E-state index is 6.78. The van der Waals surface area contributed by atoms with Gasteiger partial charge in [-0.05, 0) is 85.1 Å². The molecule has 9 aromatic carbocycles. The van der Waals surface area contributed by atoms with Crippen molar-refractivity contribution in [2.45, 2.75) is 11.6 Å². The number of aliphatic imine (C=N–C) groups is 2. The van der Waals surface area contributed by atoms with Crippen molar-refractivity contribution in [3.63, 3.8) is 0 Å². The molecule has 4 nitrogen and oxygen atoms in total. The van der Waals surface area contributed by atoms with Gasteiger partial charge in [-0.2, -0.15) is 0 Å². The predicted molar refractivity (Wildman–Crippen MR) is 244 cm³/mol. The number of ether oxygens (including phenoxy) is 1. The molecule has 2 heterocycles. The van der Waals surface area contributed by atoms with Crippen molar-refractivity contribution in [1.82, 2.24) is 5.32 Å². The number of para-hydroxylation sites is 1. The minimum absolute atomic E-state index is 0.350. The summed E-state index contributed by atoms with van der Waals surface area (Å²) in [6.07, 6.45) is -0.350. The molecule has 12 rings (SSSR count). The molecule has 1 N–H and O–H groups in total. The first-order valence-corrected chi connectivity index (χ1v) is 20.5. The molecule has 0 bridgehead atoms. The van der Waals surface area contributed by atoms with Crippen molar-refractivity contribution < 1.29 is 4.74 Å². The lowest BCUT2D eigenvalue weighted by Gasteiger charge is -2.39. The Morgan fingerprint density at radius 2 is 0.950 bits per heavy atom. The number of hydrogen-bond acceptors (Lipinski definition) is 4. The standard InChI is InChI=1S/C56H37N3O/c1-3-17-36(18-4-1)40-32-33-46(42-23-9-8-22-41(40)42)55-58-53(37-19-5-2-6-20-37)57-54(59-55)45-26-10-7-21-39(45)38-31-34-52-50(35-38)56(49-29-15-16-30-51(49)60-52)47-27-13-11-24-43(47)44-25-12-14-28-48(44)56/h1-35,53H,(H,57,58,59). The quantitative estimate of drug-likeness (QED) is 0.190. The Balaban J connectivity index is 1.04. The van der Waals surface area contributed by atoms with Crippen molar-refractivity contribution >= 4 is 22.4 Å². The fraction of sp³-hybridized carbons (Fsp3) is 0.0357. The van der Waals surface area contributed by atoms with Gasteiger partial charge in [-0.25, -0.2) is 9.98 Å². The first-order chi connectivity index (χ1) is 29.8. The lowest BCUT2D eigenvalue weighted by molar-refractivity contribution is 0.436. The van der Waals surface area contributed by atoms with Crippen LogP contribution in [0.4, 0.5) is 0 Å². The highest BCUT2D eigenvalue weighted by Gasteiger charge is 2.51. The highest BCUT2D eigenvalue weighted by molar-refractivity contribution is 6.20. The number of amidine groups is 2. The van der Waals surface area contributed by atoms with E-state index in [2.05, 4.69) is 212 Å². The summed E-state index contributed by atoms with van der Waals surface area (Å²) in [7, 11) is 0. The zero-order valence-corrected chi connectivity index (χ0v) is 32.6. The van der Waals surface area contributed by atoms with Crippen molar-refractivity contribution in [3.05, 3.63) is 251 Å². The highest BCUT2D eigenvalue weighted by atomic mass is 16.5. The summed E-state index contributed by atoms with van der Waals surface area (Å²) in [5, 5.41) is 6.04. The van der Waals surface area contributed by atoms with Crippen LogP contribution in [0, 0.1) is 0 Å². The Morgan fingerprint density at radius 3 is 1.68 bits per heavy atom. The first-order valence-electron chi connectivity index (χ1n) is 20.5. The summed E-state index contributed by atoms with van der Waals surface area (Å²) >= 11 is 0. The van der Waals surface area contributed by atoms with Gasteiger partial charge < -0.3 is 10.1 Å². The summed E-state index contributed by atoms with van der Waals surface area (Å²) in [5.41, 5.74) is 14.3. The van der Waals surface area contributed by atoms with Gasteiger partial charge in [-0.3, -0.25) is 0 Å². The second-order valence-corrected chi connectivity index (χ2v) is 15.6. The molecule has 0 amide bonds. The van der Waals surface area contributed by atoms with E-state index in [0.717, 1.165) is 67.1 Å². The van der Waals surface area contributed by atoms with Crippen LogP contribution in [0.15, 0.2) is 222 Å². The molecular formula is C56H37N3O. The van der Waals surface area contributed by atoms with Crippen LogP contribution in [0.25, 0.3) is 44.2 Å². The molecule has 60 heavy (non-hydrogen) atoms. The Hall–Kier alpha value is -7.82. The fourth-order valence-corrected chi connectivity index (χ4v) is 9.84. The second-order valence-electron chi connectivity index (χ2n) is 15.6. The van der Waals surface area contributed by atoms with E-state index in [4.69, 9.17) is 14.7 Å². The smallest absolute Gasteiger partial charge is 0.160 e. The largest absolute Gasteiger partial charge is 0.457 e. The van der Waals surface area contributed by atoms with E-state index >= 15 is 0 Å². The van der Waals surface area contributed by atoms with Gasteiger partial charge in [0.25, 0.3) is 0 Å². The van der Waals surface area contributed by atoms with Crippen LogP contribution in [-0.4, -0.2) is 11.7 Å². The van der Waals surface area contributed by atoms with Crippen LogP contribution in [0.5, 0.6) is 11.5 Å². The van der Waals surface area contributed by atoms with Crippen LogP contribution >= 0.6 is 0 Å². The Bertz CT molecular complexity index is 3180. The average Bonchev–Trinajstić information content (AvgIpc) is 3.62. The molecule has 1 unspecified atom stereocenters. The van der Waals surface area contributed by atoms with Crippen molar-refractivity contribution in [2.75, 3.05) is 0 Å². The molecular weight excluding hydrogens is 731 g/mol. The van der Waals surface area contributed by atoms with Crippen LogP contribution in [-0.2, 0) is 5.41 Å². The maximum Gasteiger partial charge on any atom is 0.160 e. The summed E-state index contributed by atoms with van der Waals surface area (Å²) in [4.78, 5) is 10.7. The van der Waals surface area contributed by atoms with E-state index in [9.17, 15) is 0 Å². The molecule has 0 aromatic heterocycles. The third-order valence-corrected chi connectivity index (χ3v) is 12.4. The van der Waals surface area contributed by atoms with E-state index in [1.54, 1.807) is 0 Å². The summed E-state index contributed by atoms with van der Waals surface area (Å²) in [5.74, 6) is 3.20.